The Kier molecular flexibility index (Phi) is 3.92. The van der Waals surface area contributed by atoms with Gasteiger partial charge in [0.15, 0.2) is 0 Å². The van der Waals surface area contributed by atoms with Gasteiger partial charge in [0.05, 0.1) is 31.2 Å². The summed E-state index contributed by atoms with van der Waals surface area (Å²) in [5, 5.41) is 8.56. The fraction of sp³-hybridized carbons (Fsp3) is 0.300. The van der Waals surface area contributed by atoms with E-state index in [-0.39, 0.29) is 16.5 Å². The Hall–Kier alpha value is -1.28. The maximum atomic E-state index is 13.7. The van der Waals surface area contributed by atoms with E-state index >= 15 is 0 Å². The smallest absolute Gasteiger partial charge is 0.149 e. The topological polar surface area (TPSA) is 42.2 Å². The highest BCUT2D eigenvalue weighted by Gasteiger charge is 2.17. The van der Waals surface area contributed by atoms with E-state index in [1.807, 2.05) is 6.07 Å². The Bertz CT molecular complexity index is 415. The Labute approximate surface area is 95.5 Å². The van der Waals surface area contributed by atoms with E-state index in [1.165, 1.54) is 14.2 Å². The zero-order valence-corrected chi connectivity index (χ0v) is 9.89. The lowest BCUT2D eigenvalue weighted by Gasteiger charge is -2.11. The normalized spacial score (nSPS) is 9.53. The van der Waals surface area contributed by atoms with Gasteiger partial charge in [-0.15, -0.1) is 0 Å². The zero-order valence-electron chi connectivity index (χ0n) is 8.30. The minimum atomic E-state index is -0.521. The molecular weight excluding hydrogens is 265 g/mol. The minimum Gasteiger partial charge on any atom is -0.496 e. The largest absolute Gasteiger partial charge is 0.496 e. The second-order valence-electron chi connectivity index (χ2n) is 2.72. The Morgan fingerprint density at radius 3 is 2.47 bits per heavy atom. The van der Waals surface area contributed by atoms with E-state index in [9.17, 15) is 4.39 Å². The van der Waals surface area contributed by atoms with Crippen molar-refractivity contribution in [3.63, 3.8) is 0 Å². The molecule has 0 fully saturated rings. The highest BCUT2D eigenvalue weighted by molar-refractivity contribution is 9.10. The van der Waals surface area contributed by atoms with Gasteiger partial charge in [-0.1, -0.05) is 0 Å². The number of benzene rings is 1. The molecule has 0 aliphatic carbocycles. The van der Waals surface area contributed by atoms with Crippen LogP contribution in [-0.2, 0) is 6.42 Å². The van der Waals surface area contributed by atoms with Gasteiger partial charge in [-0.3, -0.25) is 0 Å². The van der Waals surface area contributed by atoms with E-state index in [4.69, 9.17) is 14.7 Å². The Morgan fingerprint density at radius 1 is 1.40 bits per heavy atom. The van der Waals surface area contributed by atoms with Gasteiger partial charge in [-0.05, 0) is 15.9 Å². The van der Waals surface area contributed by atoms with Gasteiger partial charge in [-0.25, -0.2) is 4.39 Å². The molecule has 1 aromatic rings. The number of rotatable bonds is 3. The average Bonchev–Trinajstić information content (AvgIpc) is 2.25. The predicted molar refractivity (Wildman–Crippen MR) is 56.5 cm³/mol. The van der Waals surface area contributed by atoms with Gasteiger partial charge in [0.2, 0.25) is 0 Å². The molecule has 0 aromatic heterocycles. The first kappa shape index (κ1) is 11.8. The van der Waals surface area contributed by atoms with Crippen molar-refractivity contribution in [1.82, 2.24) is 0 Å². The average molecular weight is 274 g/mol. The number of hydrogen-bond donors (Lipinski definition) is 0. The molecular formula is C10H9BrFNO2. The van der Waals surface area contributed by atoms with Crippen LogP contribution in [0.4, 0.5) is 4.39 Å². The predicted octanol–water partition coefficient (Wildman–Crippen LogP) is 2.67. The van der Waals surface area contributed by atoms with Crippen molar-refractivity contribution in [2.24, 2.45) is 0 Å². The summed E-state index contributed by atoms with van der Waals surface area (Å²) in [5.41, 5.74) is 0.229. The summed E-state index contributed by atoms with van der Waals surface area (Å²) in [4.78, 5) is 0. The molecule has 0 atom stereocenters. The molecule has 0 spiro atoms. The first-order valence-corrected chi connectivity index (χ1v) is 4.90. The molecule has 0 heterocycles. The van der Waals surface area contributed by atoms with Crippen LogP contribution in [0.2, 0.25) is 0 Å². The molecule has 3 nitrogen and oxygen atoms in total. The third-order valence-electron chi connectivity index (χ3n) is 1.93. The van der Waals surface area contributed by atoms with E-state index in [0.29, 0.717) is 11.5 Å². The first-order valence-electron chi connectivity index (χ1n) is 4.11. The molecule has 1 rings (SSSR count). The van der Waals surface area contributed by atoms with Crippen LogP contribution in [0.25, 0.3) is 0 Å². The van der Waals surface area contributed by atoms with Crippen LogP contribution in [0.15, 0.2) is 10.5 Å². The molecule has 0 N–H and O–H groups in total. The van der Waals surface area contributed by atoms with Gasteiger partial charge in [0.1, 0.15) is 17.3 Å². The molecule has 1 aromatic carbocycles. The molecule has 0 saturated heterocycles. The lowest BCUT2D eigenvalue weighted by Crippen LogP contribution is -1.99. The van der Waals surface area contributed by atoms with E-state index < -0.39 is 5.82 Å². The van der Waals surface area contributed by atoms with Crippen LogP contribution in [0.5, 0.6) is 11.5 Å². The molecule has 0 bridgehead atoms. The zero-order chi connectivity index (χ0) is 11.4. The number of nitriles is 1. The van der Waals surface area contributed by atoms with Gasteiger partial charge in [0, 0.05) is 11.6 Å². The number of nitrogens with zero attached hydrogens (tertiary/aromatic N) is 1. The van der Waals surface area contributed by atoms with Crippen LogP contribution < -0.4 is 9.47 Å². The summed E-state index contributed by atoms with van der Waals surface area (Å²) in [6, 6.07) is 3.42. The van der Waals surface area contributed by atoms with Crippen molar-refractivity contribution in [3.05, 3.63) is 21.9 Å². The lowest BCUT2D eigenvalue weighted by molar-refractivity contribution is 0.382. The summed E-state index contributed by atoms with van der Waals surface area (Å²) < 4.78 is 23.9. The second kappa shape index (κ2) is 4.99. The summed E-state index contributed by atoms with van der Waals surface area (Å²) >= 11 is 3.06. The number of methoxy groups -OCH3 is 2. The highest BCUT2D eigenvalue weighted by atomic mass is 79.9. The molecule has 5 heteroatoms. The number of hydrogen-bond acceptors (Lipinski definition) is 3. The van der Waals surface area contributed by atoms with Crippen molar-refractivity contribution in [3.8, 4) is 17.6 Å². The summed E-state index contributed by atoms with van der Waals surface area (Å²) in [5.74, 6) is 0.132. The highest BCUT2D eigenvalue weighted by Crippen LogP contribution is 2.36. The molecule has 0 amide bonds. The van der Waals surface area contributed by atoms with Crippen molar-refractivity contribution in [2.45, 2.75) is 6.42 Å². The lowest BCUT2D eigenvalue weighted by atomic mass is 10.1. The maximum Gasteiger partial charge on any atom is 0.149 e. The summed E-state index contributed by atoms with van der Waals surface area (Å²) in [6.07, 6.45) is -0.0440. The monoisotopic (exact) mass is 273 g/mol. The third-order valence-corrected chi connectivity index (χ3v) is 2.67. The Balaban J connectivity index is 3.38. The first-order chi connectivity index (χ1) is 7.15. The van der Waals surface area contributed by atoms with E-state index in [0.717, 1.165) is 0 Å². The fourth-order valence-corrected chi connectivity index (χ4v) is 1.71. The maximum absolute atomic E-state index is 13.7. The molecule has 15 heavy (non-hydrogen) atoms. The van der Waals surface area contributed by atoms with Crippen LogP contribution >= 0.6 is 15.9 Å². The minimum absolute atomic E-state index is 0.0440. The fourth-order valence-electron chi connectivity index (χ4n) is 1.19. The van der Waals surface area contributed by atoms with Gasteiger partial charge in [-0.2, -0.15) is 5.26 Å². The third kappa shape index (κ3) is 2.21. The second-order valence-corrected chi connectivity index (χ2v) is 3.52. The van der Waals surface area contributed by atoms with Crippen molar-refractivity contribution in [1.29, 1.82) is 5.26 Å². The van der Waals surface area contributed by atoms with Gasteiger partial charge in [0.25, 0.3) is 0 Å². The number of halogens is 2. The van der Waals surface area contributed by atoms with Crippen LogP contribution in [0.1, 0.15) is 5.56 Å². The van der Waals surface area contributed by atoms with Crippen molar-refractivity contribution in [2.75, 3.05) is 14.2 Å². The summed E-state index contributed by atoms with van der Waals surface area (Å²) in [7, 11) is 2.85. The molecule has 0 unspecified atom stereocenters. The van der Waals surface area contributed by atoms with Crippen LogP contribution in [-0.4, -0.2) is 14.2 Å². The summed E-state index contributed by atoms with van der Waals surface area (Å²) in [6.45, 7) is 0. The molecule has 80 valence electrons. The molecule has 0 saturated carbocycles. The van der Waals surface area contributed by atoms with Crippen LogP contribution in [0, 0.1) is 17.1 Å². The van der Waals surface area contributed by atoms with Gasteiger partial charge >= 0.3 is 0 Å². The van der Waals surface area contributed by atoms with Crippen molar-refractivity contribution >= 4 is 15.9 Å². The number of ether oxygens (including phenoxy) is 2. The van der Waals surface area contributed by atoms with Gasteiger partial charge < -0.3 is 9.47 Å². The van der Waals surface area contributed by atoms with E-state index in [2.05, 4.69) is 15.9 Å². The quantitative estimate of drug-likeness (QED) is 0.851. The van der Waals surface area contributed by atoms with Crippen molar-refractivity contribution < 1.29 is 13.9 Å². The molecule has 0 radical (unpaired) electrons. The van der Waals surface area contributed by atoms with Crippen LogP contribution in [0.3, 0.4) is 0 Å². The SMILES string of the molecule is COc1cc(OC)c(CC#N)c(F)c1Br. The van der Waals surface area contributed by atoms with E-state index in [1.54, 1.807) is 6.07 Å². The standard InChI is InChI=1S/C10H9BrFNO2/c1-14-7-5-8(15-2)9(11)10(12)6(7)3-4-13/h5H,3H2,1-2H3. The Morgan fingerprint density at radius 2 is 2.00 bits per heavy atom. The molecule has 0 aliphatic rings. The molecule has 0 aliphatic heterocycles.